The first-order valence-electron chi connectivity index (χ1n) is 6.31. The third kappa shape index (κ3) is 4.32. The third-order valence-corrected chi connectivity index (χ3v) is 3.88. The van der Waals surface area contributed by atoms with Crippen molar-refractivity contribution in [2.45, 2.75) is 19.3 Å². The van der Waals surface area contributed by atoms with Crippen molar-refractivity contribution in [2.75, 3.05) is 26.7 Å². The van der Waals surface area contributed by atoms with Crippen molar-refractivity contribution >= 4 is 15.9 Å². The molecule has 17 heavy (non-hydrogen) atoms. The second-order valence-corrected chi connectivity index (χ2v) is 5.78. The molecular formula is C14H20BrNO. The highest BCUT2D eigenvalue weighted by molar-refractivity contribution is 9.10. The van der Waals surface area contributed by atoms with Crippen LogP contribution in [-0.4, -0.2) is 31.6 Å². The fourth-order valence-corrected chi connectivity index (χ4v) is 2.32. The van der Waals surface area contributed by atoms with Crippen LogP contribution < -0.4 is 4.74 Å². The first-order chi connectivity index (χ1) is 8.24. The lowest BCUT2D eigenvalue weighted by atomic mass is 9.85. The number of benzene rings is 1. The van der Waals surface area contributed by atoms with Gasteiger partial charge in [0.1, 0.15) is 12.4 Å². The van der Waals surface area contributed by atoms with E-state index in [0.29, 0.717) is 0 Å². The van der Waals surface area contributed by atoms with Crippen molar-refractivity contribution in [3.8, 4) is 5.75 Å². The summed E-state index contributed by atoms with van der Waals surface area (Å²) in [4.78, 5) is 2.38. The molecule has 0 atom stereocenters. The second kappa shape index (κ2) is 6.41. The number of ether oxygens (including phenoxy) is 1. The molecule has 0 spiro atoms. The molecule has 0 aromatic heterocycles. The summed E-state index contributed by atoms with van der Waals surface area (Å²) >= 11 is 3.41. The van der Waals surface area contributed by atoms with Gasteiger partial charge in [-0.15, -0.1) is 0 Å². The average Bonchev–Trinajstić information content (AvgIpc) is 2.26. The Balaban J connectivity index is 1.62. The van der Waals surface area contributed by atoms with Crippen LogP contribution >= 0.6 is 15.9 Å². The number of nitrogens with zero attached hydrogens (tertiary/aromatic N) is 1. The van der Waals surface area contributed by atoms with E-state index in [9.17, 15) is 0 Å². The van der Waals surface area contributed by atoms with E-state index >= 15 is 0 Å². The predicted octanol–water partition coefficient (Wildman–Crippen LogP) is 3.56. The van der Waals surface area contributed by atoms with Gasteiger partial charge in [0.25, 0.3) is 0 Å². The lowest BCUT2D eigenvalue weighted by Crippen LogP contribution is -2.32. The Morgan fingerprint density at radius 2 is 2.00 bits per heavy atom. The molecule has 0 N–H and O–H groups in total. The Bertz CT molecular complexity index is 335. The van der Waals surface area contributed by atoms with E-state index in [4.69, 9.17) is 4.74 Å². The second-order valence-electron chi connectivity index (χ2n) is 4.86. The molecule has 94 valence electrons. The first-order valence-corrected chi connectivity index (χ1v) is 7.10. The van der Waals surface area contributed by atoms with Crippen LogP contribution in [0.1, 0.15) is 19.3 Å². The van der Waals surface area contributed by atoms with Crippen molar-refractivity contribution < 1.29 is 4.74 Å². The number of likely N-dealkylation sites (N-methyl/N-ethyl adjacent to an activating group) is 1. The maximum Gasteiger partial charge on any atom is 0.119 e. The van der Waals surface area contributed by atoms with Gasteiger partial charge in [0, 0.05) is 17.6 Å². The van der Waals surface area contributed by atoms with E-state index in [1.165, 1.54) is 25.8 Å². The monoisotopic (exact) mass is 297 g/mol. The van der Waals surface area contributed by atoms with Crippen LogP contribution in [0.2, 0.25) is 0 Å². The van der Waals surface area contributed by atoms with Crippen molar-refractivity contribution in [3.05, 3.63) is 28.7 Å². The molecule has 0 bridgehead atoms. The van der Waals surface area contributed by atoms with Gasteiger partial charge in [-0.3, -0.25) is 0 Å². The van der Waals surface area contributed by atoms with Crippen molar-refractivity contribution in [1.29, 1.82) is 0 Å². The predicted molar refractivity (Wildman–Crippen MR) is 74.5 cm³/mol. The Hall–Kier alpha value is -0.540. The first kappa shape index (κ1) is 12.9. The normalized spacial score (nSPS) is 15.9. The number of halogens is 1. The van der Waals surface area contributed by atoms with E-state index in [-0.39, 0.29) is 0 Å². The lowest BCUT2D eigenvalue weighted by Gasteiger charge is -2.30. The number of rotatable bonds is 6. The fraction of sp³-hybridized carbons (Fsp3) is 0.571. The summed E-state index contributed by atoms with van der Waals surface area (Å²) in [5.41, 5.74) is 0. The maximum atomic E-state index is 5.70. The SMILES string of the molecule is CN(CCOc1ccc(Br)cc1)CC1CCC1. The van der Waals surface area contributed by atoms with Gasteiger partial charge in [-0.25, -0.2) is 0 Å². The lowest BCUT2D eigenvalue weighted by molar-refractivity contribution is 0.177. The molecular weight excluding hydrogens is 278 g/mol. The zero-order valence-electron chi connectivity index (χ0n) is 10.4. The summed E-state index contributed by atoms with van der Waals surface area (Å²) in [6.07, 6.45) is 4.25. The van der Waals surface area contributed by atoms with Gasteiger partial charge < -0.3 is 9.64 Å². The molecule has 1 aliphatic rings. The molecule has 0 amide bonds. The van der Waals surface area contributed by atoms with E-state index in [0.717, 1.165) is 29.3 Å². The maximum absolute atomic E-state index is 5.70. The Kier molecular flexibility index (Phi) is 4.86. The van der Waals surface area contributed by atoms with Gasteiger partial charge in [-0.2, -0.15) is 0 Å². The zero-order chi connectivity index (χ0) is 12.1. The minimum Gasteiger partial charge on any atom is -0.492 e. The minimum atomic E-state index is 0.769. The Labute approximate surface area is 112 Å². The molecule has 3 heteroatoms. The molecule has 0 radical (unpaired) electrons. The molecule has 1 saturated carbocycles. The summed E-state index contributed by atoms with van der Waals surface area (Å²) in [6.45, 7) is 3.00. The third-order valence-electron chi connectivity index (χ3n) is 3.35. The molecule has 0 saturated heterocycles. The van der Waals surface area contributed by atoms with Crippen LogP contribution in [-0.2, 0) is 0 Å². The van der Waals surface area contributed by atoms with Gasteiger partial charge in [0.15, 0.2) is 0 Å². The highest BCUT2D eigenvalue weighted by Gasteiger charge is 2.18. The van der Waals surface area contributed by atoms with Crippen LogP contribution in [0.5, 0.6) is 5.75 Å². The van der Waals surface area contributed by atoms with Gasteiger partial charge in [0.2, 0.25) is 0 Å². The van der Waals surface area contributed by atoms with E-state index in [1.54, 1.807) is 0 Å². The van der Waals surface area contributed by atoms with Crippen LogP contribution in [0.25, 0.3) is 0 Å². The van der Waals surface area contributed by atoms with Crippen LogP contribution in [0, 0.1) is 5.92 Å². The summed E-state index contributed by atoms with van der Waals surface area (Å²) in [7, 11) is 2.18. The molecule has 1 aromatic carbocycles. The highest BCUT2D eigenvalue weighted by atomic mass is 79.9. The standard InChI is InChI=1S/C14H20BrNO/c1-16(11-12-3-2-4-12)9-10-17-14-7-5-13(15)6-8-14/h5-8,12H,2-4,9-11H2,1H3. The fourth-order valence-electron chi connectivity index (χ4n) is 2.06. The van der Waals surface area contributed by atoms with Gasteiger partial charge in [0.05, 0.1) is 0 Å². The Morgan fingerprint density at radius 1 is 1.29 bits per heavy atom. The minimum absolute atomic E-state index is 0.769. The number of hydrogen-bond acceptors (Lipinski definition) is 2. The van der Waals surface area contributed by atoms with Crippen molar-refractivity contribution in [1.82, 2.24) is 4.90 Å². The van der Waals surface area contributed by atoms with E-state index < -0.39 is 0 Å². The van der Waals surface area contributed by atoms with Crippen LogP contribution in [0.15, 0.2) is 28.7 Å². The summed E-state index contributed by atoms with van der Waals surface area (Å²) in [5.74, 6) is 1.89. The largest absolute Gasteiger partial charge is 0.492 e. The van der Waals surface area contributed by atoms with Crippen molar-refractivity contribution in [2.24, 2.45) is 5.92 Å². The van der Waals surface area contributed by atoms with Gasteiger partial charge in [-0.05, 0) is 50.1 Å². The molecule has 1 aliphatic carbocycles. The van der Waals surface area contributed by atoms with Gasteiger partial charge >= 0.3 is 0 Å². The summed E-state index contributed by atoms with van der Waals surface area (Å²) in [5, 5.41) is 0. The van der Waals surface area contributed by atoms with E-state index in [2.05, 4.69) is 27.9 Å². The molecule has 2 rings (SSSR count). The zero-order valence-corrected chi connectivity index (χ0v) is 11.9. The van der Waals surface area contributed by atoms with Crippen LogP contribution in [0.3, 0.4) is 0 Å². The van der Waals surface area contributed by atoms with E-state index in [1.807, 2.05) is 24.3 Å². The van der Waals surface area contributed by atoms with Crippen LogP contribution in [0.4, 0.5) is 0 Å². The number of hydrogen-bond donors (Lipinski definition) is 0. The average molecular weight is 298 g/mol. The van der Waals surface area contributed by atoms with Crippen molar-refractivity contribution in [3.63, 3.8) is 0 Å². The molecule has 1 aromatic rings. The highest BCUT2D eigenvalue weighted by Crippen LogP contribution is 2.26. The molecule has 0 heterocycles. The molecule has 0 aliphatic heterocycles. The Morgan fingerprint density at radius 3 is 2.59 bits per heavy atom. The quantitative estimate of drug-likeness (QED) is 0.796. The van der Waals surface area contributed by atoms with Gasteiger partial charge in [-0.1, -0.05) is 22.4 Å². The molecule has 0 unspecified atom stereocenters. The smallest absolute Gasteiger partial charge is 0.119 e. The molecule has 1 fully saturated rings. The molecule has 2 nitrogen and oxygen atoms in total. The topological polar surface area (TPSA) is 12.5 Å². The summed E-state index contributed by atoms with van der Waals surface area (Å²) in [6, 6.07) is 8.01. The summed E-state index contributed by atoms with van der Waals surface area (Å²) < 4.78 is 6.79.